The first-order valence-electron chi connectivity index (χ1n) is 27.9. The van der Waals surface area contributed by atoms with Crippen molar-refractivity contribution in [3.05, 3.63) is 24.3 Å². The second kappa shape index (κ2) is 43.4. The summed E-state index contributed by atoms with van der Waals surface area (Å²) in [6.45, 7) is 3.78. The van der Waals surface area contributed by atoms with Crippen molar-refractivity contribution in [2.75, 3.05) is 6.61 Å². The SMILES string of the molecule is CCCCCCCCCCCCC/C=C\CCCCCCCC(O)CC(=O)NC(COP(=O)(O)OC1C(O)C(O)C(O)C(O)C1O)C(O)/C=C/CCCCCCCCCCCCCCCCCC. The Hall–Kier alpha value is -1.22. The van der Waals surface area contributed by atoms with E-state index in [1.165, 1.54) is 160 Å². The maximum atomic E-state index is 13.1. The van der Waals surface area contributed by atoms with Gasteiger partial charge in [0.15, 0.2) is 0 Å². The molecule has 68 heavy (non-hydrogen) atoms. The zero-order chi connectivity index (χ0) is 50.1. The Bertz CT molecular complexity index is 1260. The highest BCUT2D eigenvalue weighted by Gasteiger charge is 2.51. The summed E-state index contributed by atoms with van der Waals surface area (Å²) in [7, 11) is -5.15. The maximum Gasteiger partial charge on any atom is 0.472 e. The molecule has 402 valence electrons. The molecular formula is C54H104NO12P. The lowest BCUT2D eigenvalue weighted by Crippen LogP contribution is -2.64. The van der Waals surface area contributed by atoms with Crippen molar-refractivity contribution >= 4 is 13.7 Å². The number of carbonyl (C=O) groups excluding carboxylic acids is 1. The van der Waals surface area contributed by atoms with Crippen molar-refractivity contribution in [1.82, 2.24) is 5.32 Å². The number of aliphatic hydroxyl groups is 7. The number of allylic oxidation sites excluding steroid dienone is 3. The smallest absolute Gasteiger partial charge is 0.393 e. The molecule has 1 saturated carbocycles. The van der Waals surface area contributed by atoms with Crippen LogP contribution in [-0.4, -0.2) is 108 Å². The van der Waals surface area contributed by atoms with E-state index in [1.807, 2.05) is 0 Å². The largest absolute Gasteiger partial charge is 0.472 e. The Morgan fingerprint density at radius 3 is 1.25 bits per heavy atom. The molecule has 13 nitrogen and oxygen atoms in total. The van der Waals surface area contributed by atoms with E-state index in [4.69, 9.17) is 9.05 Å². The molecule has 0 bridgehead atoms. The fourth-order valence-electron chi connectivity index (χ4n) is 9.00. The molecule has 0 aromatic carbocycles. The van der Waals surface area contributed by atoms with Crippen LogP contribution in [0.25, 0.3) is 0 Å². The van der Waals surface area contributed by atoms with Crippen molar-refractivity contribution in [3.8, 4) is 0 Å². The van der Waals surface area contributed by atoms with E-state index < -0.39 is 75.2 Å². The number of rotatable bonds is 47. The van der Waals surface area contributed by atoms with Crippen LogP contribution in [0.4, 0.5) is 0 Å². The molecule has 1 aliphatic rings. The molecular weight excluding hydrogens is 886 g/mol. The molecule has 0 saturated heterocycles. The average Bonchev–Trinajstić information content (AvgIpc) is 3.31. The van der Waals surface area contributed by atoms with E-state index >= 15 is 0 Å². The molecule has 1 fully saturated rings. The number of amides is 1. The molecule has 0 aromatic heterocycles. The Morgan fingerprint density at radius 2 is 0.853 bits per heavy atom. The topological polar surface area (TPSA) is 226 Å². The minimum atomic E-state index is -5.15. The van der Waals surface area contributed by atoms with E-state index in [9.17, 15) is 50.0 Å². The Morgan fingerprint density at radius 1 is 0.515 bits per heavy atom. The predicted octanol–water partition coefficient (Wildman–Crippen LogP) is 11.1. The van der Waals surface area contributed by atoms with Crippen molar-refractivity contribution in [2.45, 2.75) is 306 Å². The molecule has 0 aliphatic heterocycles. The van der Waals surface area contributed by atoms with E-state index in [2.05, 4.69) is 31.3 Å². The van der Waals surface area contributed by atoms with Crippen LogP contribution in [0.2, 0.25) is 0 Å². The van der Waals surface area contributed by atoms with Gasteiger partial charge in [0, 0.05) is 0 Å². The third-order valence-electron chi connectivity index (χ3n) is 13.5. The van der Waals surface area contributed by atoms with Gasteiger partial charge in [0.2, 0.25) is 5.91 Å². The van der Waals surface area contributed by atoms with E-state index in [1.54, 1.807) is 6.08 Å². The van der Waals surface area contributed by atoms with Crippen LogP contribution in [-0.2, 0) is 18.4 Å². The molecule has 8 atom stereocenters. The second-order valence-corrected chi connectivity index (χ2v) is 21.4. The number of aliphatic hydroxyl groups excluding tert-OH is 7. The molecule has 8 unspecified atom stereocenters. The summed E-state index contributed by atoms with van der Waals surface area (Å²) in [5, 5.41) is 74.8. The number of phosphoric acid groups is 1. The second-order valence-electron chi connectivity index (χ2n) is 20.0. The summed E-state index contributed by atoms with van der Waals surface area (Å²) in [6.07, 6.45) is 36.8. The summed E-state index contributed by atoms with van der Waals surface area (Å²) < 4.78 is 23.0. The maximum absolute atomic E-state index is 13.1. The zero-order valence-corrected chi connectivity index (χ0v) is 43.9. The van der Waals surface area contributed by atoms with Crippen LogP contribution < -0.4 is 5.32 Å². The van der Waals surface area contributed by atoms with Gasteiger partial charge in [0.1, 0.15) is 36.6 Å². The fraction of sp³-hybridized carbons (Fsp3) is 0.907. The fourth-order valence-corrected chi connectivity index (χ4v) is 9.97. The van der Waals surface area contributed by atoms with Crippen LogP contribution in [0.5, 0.6) is 0 Å². The van der Waals surface area contributed by atoms with E-state index in [-0.39, 0.29) is 6.42 Å². The van der Waals surface area contributed by atoms with Crippen LogP contribution in [0, 0.1) is 0 Å². The Balaban J connectivity index is 2.44. The summed E-state index contributed by atoms with van der Waals surface area (Å²) in [5.41, 5.74) is 0. The number of unbranched alkanes of at least 4 members (excludes halogenated alkanes) is 32. The number of hydrogen-bond acceptors (Lipinski definition) is 11. The van der Waals surface area contributed by atoms with Gasteiger partial charge in [-0.05, 0) is 44.9 Å². The Kier molecular flexibility index (Phi) is 41.3. The predicted molar refractivity (Wildman–Crippen MR) is 275 cm³/mol. The lowest BCUT2D eigenvalue weighted by atomic mass is 9.85. The minimum absolute atomic E-state index is 0.248. The average molecular weight is 990 g/mol. The summed E-state index contributed by atoms with van der Waals surface area (Å²) in [4.78, 5) is 23.6. The third kappa shape index (κ3) is 34.2. The molecule has 14 heteroatoms. The normalized spacial score (nSPS) is 22.2. The van der Waals surface area contributed by atoms with Gasteiger partial charge >= 0.3 is 7.82 Å². The highest BCUT2D eigenvalue weighted by molar-refractivity contribution is 7.47. The first-order valence-corrected chi connectivity index (χ1v) is 29.4. The van der Waals surface area contributed by atoms with Gasteiger partial charge in [-0.1, -0.05) is 224 Å². The molecule has 0 radical (unpaired) electrons. The molecule has 1 aliphatic carbocycles. The summed E-state index contributed by atoms with van der Waals surface area (Å²) in [6, 6.07) is -1.24. The molecule has 0 aromatic rings. The number of carbonyl (C=O) groups is 1. The standard InChI is InChI=1S/C54H104NO12P/c1-3-5-7-9-11-13-15-17-19-21-23-24-25-27-29-31-33-35-37-39-41-45(56)43-48(58)55-46(44-66-68(64,65)67-54-52(62)50(60)49(59)51(61)53(54)63)47(57)42-40-38-36-34-32-30-28-26-22-20-18-16-14-12-10-8-6-4-2/h25,27,40,42,45-47,49-54,56-57,59-63H,3-24,26,28-39,41,43-44H2,1-2H3,(H,55,58)(H,64,65)/b27-25-,42-40+. The highest BCUT2D eigenvalue weighted by Crippen LogP contribution is 2.47. The summed E-state index contributed by atoms with van der Waals surface area (Å²) >= 11 is 0. The first kappa shape index (κ1) is 64.8. The van der Waals surface area contributed by atoms with Gasteiger partial charge in [-0.25, -0.2) is 4.57 Å². The monoisotopic (exact) mass is 990 g/mol. The lowest BCUT2D eigenvalue weighted by Gasteiger charge is -2.41. The van der Waals surface area contributed by atoms with Crippen LogP contribution in [0.1, 0.15) is 251 Å². The van der Waals surface area contributed by atoms with Crippen molar-refractivity contribution < 1.29 is 59.0 Å². The van der Waals surface area contributed by atoms with Crippen LogP contribution >= 0.6 is 7.82 Å². The number of phosphoric ester groups is 1. The number of hydrogen-bond donors (Lipinski definition) is 9. The van der Waals surface area contributed by atoms with E-state index in [0.717, 1.165) is 64.2 Å². The van der Waals surface area contributed by atoms with Crippen LogP contribution in [0.3, 0.4) is 0 Å². The van der Waals surface area contributed by atoms with Crippen molar-refractivity contribution in [3.63, 3.8) is 0 Å². The third-order valence-corrected chi connectivity index (χ3v) is 14.5. The van der Waals surface area contributed by atoms with Gasteiger partial charge in [-0.2, -0.15) is 0 Å². The Labute approximate surface area is 414 Å². The zero-order valence-electron chi connectivity index (χ0n) is 43.0. The molecule has 9 N–H and O–H groups in total. The molecule has 0 spiro atoms. The molecule has 1 amide bonds. The highest BCUT2D eigenvalue weighted by atomic mass is 31.2. The lowest BCUT2D eigenvalue weighted by molar-refractivity contribution is -0.220. The first-order chi connectivity index (χ1) is 32.8. The molecule has 1 rings (SSSR count). The van der Waals surface area contributed by atoms with Gasteiger partial charge in [0.25, 0.3) is 0 Å². The number of nitrogens with one attached hydrogen (secondary N) is 1. The van der Waals surface area contributed by atoms with Gasteiger partial charge in [-0.15, -0.1) is 0 Å². The van der Waals surface area contributed by atoms with Gasteiger partial charge in [-0.3, -0.25) is 13.8 Å². The summed E-state index contributed by atoms with van der Waals surface area (Å²) in [5.74, 6) is -0.594. The van der Waals surface area contributed by atoms with E-state index in [0.29, 0.717) is 12.8 Å². The quantitative estimate of drug-likeness (QED) is 0.0158. The minimum Gasteiger partial charge on any atom is -0.393 e. The molecule has 0 heterocycles. The van der Waals surface area contributed by atoms with Gasteiger partial charge < -0.3 is 46.0 Å². The van der Waals surface area contributed by atoms with Gasteiger partial charge in [0.05, 0.1) is 31.3 Å². The van der Waals surface area contributed by atoms with Crippen LogP contribution in [0.15, 0.2) is 24.3 Å². The van der Waals surface area contributed by atoms with Crippen molar-refractivity contribution in [2.24, 2.45) is 0 Å². The van der Waals surface area contributed by atoms with Crippen molar-refractivity contribution in [1.29, 1.82) is 0 Å².